The minimum Gasteiger partial charge on any atom is -0.382 e. The van der Waals surface area contributed by atoms with Gasteiger partial charge in [0.25, 0.3) is 5.89 Å². The van der Waals surface area contributed by atoms with E-state index in [1.165, 1.54) is 0 Å². The van der Waals surface area contributed by atoms with Gasteiger partial charge in [-0.1, -0.05) is 49.2 Å². The molecule has 0 unspecified atom stereocenters. The van der Waals surface area contributed by atoms with E-state index in [-0.39, 0.29) is 0 Å². The molecule has 1 aromatic carbocycles. The largest absolute Gasteiger partial charge is 0.382 e. The van der Waals surface area contributed by atoms with Gasteiger partial charge in [0.05, 0.1) is 35.9 Å². The number of aromatic nitrogens is 6. The summed E-state index contributed by atoms with van der Waals surface area (Å²) in [7, 11) is 0. The minimum absolute atomic E-state index is 0.376. The number of hydrogen-bond acceptors (Lipinski definition) is 10. The maximum absolute atomic E-state index is 5.67. The number of nitrogens with two attached hydrogens (primary N) is 1. The average Bonchev–Trinajstić information content (AvgIpc) is 3.44. The molecule has 3 aromatic heterocycles. The molecule has 0 radical (unpaired) electrons. The topological polar surface area (TPSA) is 132 Å². The smallest absolute Gasteiger partial charge is 0.278 e. The van der Waals surface area contributed by atoms with Gasteiger partial charge in [0.15, 0.2) is 5.82 Å². The summed E-state index contributed by atoms with van der Waals surface area (Å²) in [5.74, 6) is 2.28. The molecule has 1 saturated heterocycles. The van der Waals surface area contributed by atoms with Crippen molar-refractivity contribution in [3.05, 3.63) is 60.4 Å². The number of piperazine rings is 1. The maximum atomic E-state index is 5.67. The zero-order chi connectivity index (χ0) is 25.0. The fourth-order valence-corrected chi connectivity index (χ4v) is 4.45. The van der Waals surface area contributed by atoms with Gasteiger partial charge in [0.2, 0.25) is 0 Å². The number of rotatable bonds is 8. The Bertz CT molecular complexity index is 1270. The van der Waals surface area contributed by atoms with Crippen molar-refractivity contribution in [3.63, 3.8) is 0 Å². The van der Waals surface area contributed by atoms with Crippen LogP contribution in [0.3, 0.4) is 0 Å². The number of anilines is 2. The van der Waals surface area contributed by atoms with E-state index in [1.807, 2.05) is 12.1 Å². The number of nitrogens with one attached hydrogen (secondary N) is 1. The molecule has 1 aliphatic rings. The number of hydrogen-bond donors (Lipinski definition) is 2. The monoisotopic (exact) mass is 485 g/mol. The first-order valence-corrected chi connectivity index (χ1v) is 12.4. The zero-order valence-electron chi connectivity index (χ0n) is 20.7. The Morgan fingerprint density at radius 3 is 2.39 bits per heavy atom. The van der Waals surface area contributed by atoms with Crippen LogP contribution in [-0.2, 0) is 5.41 Å². The number of unbranched alkanes of at least 4 members (excludes halogenated alkanes) is 1. The van der Waals surface area contributed by atoms with E-state index in [4.69, 9.17) is 15.2 Å². The highest BCUT2D eigenvalue weighted by Crippen LogP contribution is 2.37. The molecule has 0 spiro atoms. The first-order chi connectivity index (χ1) is 17.6. The molecule has 0 amide bonds. The summed E-state index contributed by atoms with van der Waals surface area (Å²) in [6.07, 6.45) is 9.72. The van der Waals surface area contributed by atoms with Crippen LogP contribution in [0, 0.1) is 0 Å². The highest BCUT2D eigenvalue weighted by molar-refractivity contribution is 5.59. The molecular weight excluding hydrogens is 454 g/mol. The Hall–Kier alpha value is -3.92. The molecule has 0 aliphatic carbocycles. The number of nitrogen functional groups attached to an aromatic ring is 1. The van der Waals surface area contributed by atoms with E-state index < -0.39 is 5.41 Å². The first kappa shape index (κ1) is 23.8. The standard InChI is InChI=1S/C26H31N9O/c1-3-4-9-26(2,19-7-5-18(6-8-19)20-14-31-22(27)16-29-20)25-33-24(36-34-25)21-15-32-23(17-30-21)35-12-10-28-11-13-35/h5-8,14-17,28H,3-4,9-13H2,1-2H3,(H2,27,31)/t26-/m1/s1. The van der Waals surface area contributed by atoms with Crippen molar-refractivity contribution in [2.45, 2.75) is 38.5 Å². The summed E-state index contributed by atoms with van der Waals surface area (Å²) < 4.78 is 5.67. The van der Waals surface area contributed by atoms with Crippen LogP contribution in [-0.4, -0.2) is 56.3 Å². The number of nitrogens with zero attached hydrogens (tertiary/aromatic N) is 7. The van der Waals surface area contributed by atoms with E-state index in [0.717, 1.165) is 68.1 Å². The Morgan fingerprint density at radius 1 is 0.972 bits per heavy atom. The van der Waals surface area contributed by atoms with Gasteiger partial charge in [0.1, 0.15) is 17.3 Å². The molecule has 1 atom stereocenters. The van der Waals surface area contributed by atoms with Gasteiger partial charge in [0, 0.05) is 31.7 Å². The molecule has 186 valence electrons. The highest BCUT2D eigenvalue weighted by atomic mass is 16.5. The van der Waals surface area contributed by atoms with Crippen LogP contribution in [0.4, 0.5) is 11.6 Å². The van der Waals surface area contributed by atoms with Gasteiger partial charge in [-0.3, -0.25) is 4.98 Å². The van der Waals surface area contributed by atoms with Crippen LogP contribution >= 0.6 is 0 Å². The quantitative estimate of drug-likeness (QED) is 0.382. The third-order valence-electron chi connectivity index (χ3n) is 6.74. The average molecular weight is 486 g/mol. The van der Waals surface area contributed by atoms with Crippen LogP contribution < -0.4 is 16.0 Å². The zero-order valence-corrected chi connectivity index (χ0v) is 20.7. The molecule has 10 nitrogen and oxygen atoms in total. The van der Waals surface area contributed by atoms with Gasteiger partial charge in [-0.05, 0) is 18.9 Å². The predicted molar refractivity (Wildman–Crippen MR) is 138 cm³/mol. The fraction of sp³-hybridized carbons (Fsp3) is 0.385. The van der Waals surface area contributed by atoms with Gasteiger partial charge < -0.3 is 20.5 Å². The van der Waals surface area contributed by atoms with Crippen LogP contribution in [0.5, 0.6) is 0 Å². The van der Waals surface area contributed by atoms with Gasteiger partial charge in [-0.15, -0.1) is 0 Å². The second-order valence-electron chi connectivity index (χ2n) is 9.26. The lowest BCUT2D eigenvalue weighted by molar-refractivity contribution is 0.389. The van der Waals surface area contributed by atoms with E-state index in [0.29, 0.717) is 23.2 Å². The summed E-state index contributed by atoms with van der Waals surface area (Å²) in [6.45, 7) is 8.06. The SMILES string of the molecule is CCCC[C@](C)(c1ccc(-c2cnc(N)cn2)cc1)c1noc(-c2cnc(N3CCNCC3)cn2)n1. The summed E-state index contributed by atoms with van der Waals surface area (Å²) >= 11 is 0. The molecule has 1 aliphatic heterocycles. The van der Waals surface area contributed by atoms with Crippen LogP contribution in [0.25, 0.3) is 22.8 Å². The summed E-state index contributed by atoms with van der Waals surface area (Å²) in [5, 5.41) is 7.73. The molecule has 0 saturated carbocycles. The van der Waals surface area contributed by atoms with E-state index >= 15 is 0 Å². The molecule has 4 aromatic rings. The molecule has 1 fully saturated rings. The molecular formula is C26H31N9O. The second kappa shape index (κ2) is 10.4. The van der Waals surface area contributed by atoms with Gasteiger partial charge in [-0.25, -0.2) is 15.0 Å². The molecule has 0 bridgehead atoms. The third kappa shape index (κ3) is 4.90. The third-order valence-corrected chi connectivity index (χ3v) is 6.74. The van der Waals surface area contributed by atoms with Crippen molar-refractivity contribution < 1.29 is 4.52 Å². The first-order valence-electron chi connectivity index (χ1n) is 12.4. The summed E-state index contributed by atoms with van der Waals surface area (Å²) in [5.41, 5.74) is 8.68. The summed E-state index contributed by atoms with van der Waals surface area (Å²) in [4.78, 5) is 24.7. The van der Waals surface area contributed by atoms with Crippen LogP contribution in [0.1, 0.15) is 44.5 Å². The molecule has 5 rings (SSSR count). The Labute approximate surface area is 210 Å². The van der Waals surface area contributed by atoms with Crippen molar-refractivity contribution in [1.29, 1.82) is 0 Å². The molecule has 10 heteroatoms. The Balaban J connectivity index is 1.40. The van der Waals surface area contributed by atoms with E-state index in [1.54, 1.807) is 24.8 Å². The normalized spacial score (nSPS) is 15.6. The van der Waals surface area contributed by atoms with Crippen molar-refractivity contribution in [3.8, 4) is 22.8 Å². The van der Waals surface area contributed by atoms with E-state index in [9.17, 15) is 0 Å². The lowest BCUT2D eigenvalue weighted by Crippen LogP contribution is -2.43. The van der Waals surface area contributed by atoms with Gasteiger partial charge >= 0.3 is 0 Å². The van der Waals surface area contributed by atoms with Crippen LogP contribution in [0.15, 0.2) is 53.6 Å². The Morgan fingerprint density at radius 2 is 1.72 bits per heavy atom. The lowest BCUT2D eigenvalue weighted by atomic mass is 9.77. The lowest BCUT2D eigenvalue weighted by Gasteiger charge is -2.27. The molecule has 4 heterocycles. The summed E-state index contributed by atoms with van der Waals surface area (Å²) in [6, 6.07) is 8.28. The van der Waals surface area contributed by atoms with Crippen molar-refractivity contribution in [1.82, 2.24) is 35.4 Å². The predicted octanol–water partition coefficient (Wildman–Crippen LogP) is 3.47. The second-order valence-corrected chi connectivity index (χ2v) is 9.26. The van der Waals surface area contributed by atoms with Crippen LogP contribution in [0.2, 0.25) is 0 Å². The van der Waals surface area contributed by atoms with Crippen molar-refractivity contribution in [2.75, 3.05) is 36.8 Å². The highest BCUT2D eigenvalue weighted by Gasteiger charge is 2.34. The van der Waals surface area contributed by atoms with E-state index in [2.05, 4.69) is 61.3 Å². The minimum atomic E-state index is -0.419. The maximum Gasteiger partial charge on any atom is 0.278 e. The Kier molecular flexibility index (Phi) is 6.86. The number of benzene rings is 1. The molecule has 36 heavy (non-hydrogen) atoms. The van der Waals surface area contributed by atoms with Crippen molar-refractivity contribution in [2.24, 2.45) is 0 Å². The van der Waals surface area contributed by atoms with Gasteiger partial charge in [-0.2, -0.15) is 4.98 Å². The fourth-order valence-electron chi connectivity index (χ4n) is 4.45. The van der Waals surface area contributed by atoms with Crippen molar-refractivity contribution >= 4 is 11.6 Å². The molecule has 3 N–H and O–H groups in total.